The standard InChI is InChI=1S/C17H23N3O/c1-13(2)20(11-14-7-4-5-9-16(14)18)12-15-8-6-10-19-17(15)21-3/h4-10,13H,11-12,18H2,1-3H3. The van der Waals surface area contributed by atoms with E-state index in [4.69, 9.17) is 10.5 Å². The van der Waals surface area contributed by atoms with Crippen molar-refractivity contribution >= 4 is 5.69 Å². The van der Waals surface area contributed by atoms with Gasteiger partial charge in [0.15, 0.2) is 0 Å². The van der Waals surface area contributed by atoms with Crippen molar-refractivity contribution in [1.29, 1.82) is 0 Å². The van der Waals surface area contributed by atoms with Crippen LogP contribution in [0.2, 0.25) is 0 Å². The van der Waals surface area contributed by atoms with Crippen LogP contribution in [0, 0.1) is 0 Å². The first-order valence-electron chi connectivity index (χ1n) is 7.17. The van der Waals surface area contributed by atoms with Gasteiger partial charge in [0.25, 0.3) is 0 Å². The summed E-state index contributed by atoms with van der Waals surface area (Å²) >= 11 is 0. The minimum absolute atomic E-state index is 0.398. The average molecular weight is 285 g/mol. The smallest absolute Gasteiger partial charge is 0.217 e. The van der Waals surface area contributed by atoms with Crippen molar-refractivity contribution < 1.29 is 4.74 Å². The summed E-state index contributed by atoms with van der Waals surface area (Å²) in [6, 6.07) is 12.4. The van der Waals surface area contributed by atoms with E-state index in [1.807, 2.05) is 24.3 Å². The molecule has 1 aromatic carbocycles. The Balaban J connectivity index is 2.18. The van der Waals surface area contributed by atoms with Crippen LogP contribution in [0.5, 0.6) is 5.88 Å². The molecule has 0 unspecified atom stereocenters. The summed E-state index contributed by atoms with van der Waals surface area (Å²) in [6.45, 7) is 5.95. The molecule has 112 valence electrons. The van der Waals surface area contributed by atoms with Crippen molar-refractivity contribution in [3.05, 3.63) is 53.7 Å². The second-order valence-electron chi connectivity index (χ2n) is 5.37. The van der Waals surface area contributed by atoms with Crippen LogP contribution in [0.25, 0.3) is 0 Å². The Labute approximate surface area is 126 Å². The topological polar surface area (TPSA) is 51.4 Å². The van der Waals surface area contributed by atoms with Crippen molar-refractivity contribution in [3.63, 3.8) is 0 Å². The second kappa shape index (κ2) is 7.09. The third kappa shape index (κ3) is 3.95. The molecule has 21 heavy (non-hydrogen) atoms. The molecule has 0 atom stereocenters. The number of benzene rings is 1. The lowest BCUT2D eigenvalue weighted by molar-refractivity contribution is 0.201. The van der Waals surface area contributed by atoms with Gasteiger partial charge in [-0.3, -0.25) is 4.90 Å². The molecule has 0 aliphatic carbocycles. The Bertz CT molecular complexity index is 584. The SMILES string of the molecule is COc1ncccc1CN(Cc1ccccc1N)C(C)C. The maximum atomic E-state index is 6.05. The zero-order chi connectivity index (χ0) is 15.2. The van der Waals surface area contributed by atoms with Crippen LogP contribution in [0.3, 0.4) is 0 Å². The van der Waals surface area contributed by atoms with Crippen molar-refractivity contribution in [2.75, 3.05) is 12.8 Å². The molecule has 1 heterocycles. The molecular weight excluding hydrogens is 262 g/mol. The second-order valence-corrected chi connectivity index (χ2v) is 5.37. The van der Waals surface area contributed by atoms with Crippen molar-refractivity contribution in [3.8, 4) is 5.88 Å². The highest BCUT2D eigenvalue weighted by Crippen LogP contribution is 2.21. The first kappa shape index (κ1) is 15.3. The highest BCUT2D eigenvalue weighted by atomic mass is 16.5. The molecule has 0 bridgehead atoms. The molecule has 0 radical (unpaired) electrons. The fourth-order valence-corrected chi connectivity index (χ4v) is 2.27. The van der Waals surface area contributed by atoms with Crippen LogP contribution in [0.1, 0.15) is 25.0 Å². The van der Waals surface area contributed by atoms with E-state index in [-0.39, 0.29) is 0 Å². The van der Waals surface area contributed by atoms with E-state index in [9.17, 15) is 0 Å². The zero-order valence-corrected chi connectivity index (χ0v) is 12.9. The largest absolute Gasteiger partial charge is 0.481 e. The number of nitrogens with zero attached hydrogens (tertiary/aromatic N) is 2. The van der Waals surface area contributed by atoms with Gasteiger partial charge >= 0.3 is 0 Å². The van der Waals surface area contributed by atoms with Gasteiger partial charge in [0, 0.05) is 36.6 Å². The summed E-state index contributed by atoms with van der Waals surface area (Å²) in [5.74, 6) is 0.684. The number of hydrogen-bond acceptors (Lipinski definition) is 4. The zero-order valence-electron chi connectivity index (χ0n) is 12.9. The molecule has 0 saturated heterocycles. The normalized spacial score (nSPS) is 11.1. The van der Waals surface area contributed by atoms with E-state index in [1.54, 1.807) is 13.3 Å². The highest BCUT2D eigenvalue weighted by Gasteiger charge is 2.15. The predicted octanol–water partition coefficient (Wildman–Crippen LogP) is 3.08. The molecule has 0 saturated carbocycles. The Morgan fingerprint density at radius 1 is 1.10 bits per heavy atom. The summed E-state index contributed by atoms with van der Waals surface area (Å²) in [4.78, 5) is 6.61. The van der Waals surface area contributed by atoms with Gasteiger partial charge in [-0.15, -0.1) is 0 Å². The Morgan fingerprint density at radius 2 is 1.76 bits per heavy atom. The number of methoxy groups -OCH3 is 1. The number of hydrogen-bond donors (Lipinski definition) is 1. The Morgan fingerprint density at radius 3 is 2.43 bits per heavy atom. The summed E-state index contributed by atoms with van der Waals surface area (Å²) < 4.78 is 5.34. The van der Waals surface area contributed by atoms with E-state index in [0.717, 1.165) is 29.9 Å². The summed E-state index contributed by atoms with van der Waals surface area (Å²) in [6.07, 6.45) is 1.75. The molecule has 0 amide bonds. The molecule has 0 spiro atoms. The van der Waals surface area contributed by atoms with Crippen LogP contribution in [0.4, 0.5) is 5.69 Å². The van der Waals surface area contributed by atoms with Gasteiger partial charge in [0.05, 0.1) is 7.11 Å². The van der Waals surface area contributed by atoms with E-state index in [2.05, 4.69) is 35.9 Å². The fourth-order valence-electron chi connectivity index (χ4n) is 2.27. The van der Waals surface area contributed by atoms with Gasteiger partial charge < -0.3 is 10.5 Å². The molecule has 2 aromatic rings. The quantitative estimate of drug-likeness (QED) is 0.829. The van der Waals surface area contributed by atoms with Gasteiger partial charge in [-0.25, -0.2) is 4.98 Å². The first-order valence-corrected chi connectivity index (χ1v) is 7.17. The highest BCUT2D eigenvalue weighted by molar-refractivity contribution is 5.46. The maximum Gasteiger partial charge on any atom is 0.217 e. The van der Waals surface area contributed by atoms with Crippen molar-refractivity contribution in [1.82, 2.24) is 9.88 Å². The van der Waals surface area contributed by atoms with Crippen LogP contribution in [-0.2, 0) is 13.1 Å². The lowest BCUT2D eigenvalue weighted by atomic mass is 10.1. The van der Waals surface area contributed by atoms with Gasteiger partial charge in [0.2, 0.25) is 5.88 Å². The third-order valence-corrected chi connectivity index (χ3v) is 3.58. The predicted molar refractivity (Wildman–Crippen MR) is 86.0 cm³/mol. The lowest BCUT2D eigenvalue weighted by Gasteiger charge is -2.27. The average Bonchev–Trinajstić information content (AvgIpc) is 2.49. The monoisotopic (exact) mass is 285 g/mol. The summed E-state index contributed by atoms with van der Waals surface area (Å²) in [5, 5.41) is 0. The third-order valence-electron chi connectivity index (χ3n) is 3.58. The van der Waals surface area contributed by atoms with Gasteiger partial charge in [0.1, 0.15) is 0 Å². The molecule has 1 aromatic heterocycles. The molecule has 0 aliphatic rings. The molecule has 0 fully saturated rings. The van der Waals surface area contributed by atoms with E-state index < -0.39 is 0 Å². The molecule has 4 heteroatoms. The van der Waals surface area contributed by atoms with Gasteiger partial charge in [-0.1, -0.05) is 24.3 Å². The van der Waals surface area contributed by atoms with Crippen LogP contribution in [-0.4, -0.2) is 23.0 Å². The molecular formula is C17H23N3O. The van der Waals surface area contributed by atoms with E-state index >= 15 is 0 Å². The summed E-state index contributed by atoms with van der Waals surface area (Å²) in [5.41, 5.74) is 9.12. The Kier molecular flexibility index (Phi) is 5.17. The Hall–Kier alpha value is -2.07. The maximum absolute atomic E-state index is 6.05. The minimum Gasteiger partial charge on any atom is -0.481 e. The van der Waals surface area contributed by atoms with Gasteiger partial charge in [-0.2, -0.15) is 0 Å². The van der Waals surface area contributed by atoms with Crippen LogP contribution >= 0.6 is 0 Å². The van der Waals surface area contributed by atoms with Crippen molar-refractivity contribution in [2.24, 2.45) is 0 Å². The van der Waals surface area contributed by atoms with Gasteiger partial charge in [-0.05, 0) is 31.5 Å². The molecule has 0 aliphatic heterocycles. The lowest BCUT2D eigenvalue weighted by Crippen LogP contribution is -2.30. The van der Waals surface area contributed by atoms with E-state index in [0.29, 0.717) is 11.9 Å². The number of pyridine rings is 1. The number of rotatable bonds is 6. The number of aromatic nitrogens is 1. The number of ether oxygens (including phenoxy) is 1. The molecule has 4 nitrogen and oxygen atoms in total. The van der Waals surface area contributed by atoms with Crippen LogP contribution < -0.4 is 10.5 Å². The number of anilines is 1. The molecule has 2 rings (SSSR count). The fraction of sp³-hybridized carbons (Fsp3) is 0.353. The summed E-state index contributed by atoms with van der Waals surface area (Å²) in [7, 11) is 1.65. The van der Waals surface area contributed by atoms with Crippen molar-refractivity contribution in [2.45, 2.75) is 33.0 Å². The number of para-hydroxylation sites is 1. The minimum atomic E-state index is 0.398. The van der Waals surface area contributed by atoms with Crippen LogP contribution in [0.15, 0.2) is 42.6 Å². The number of nitrogens with two attached hydrogens (primary N) is 1. The van der Waals surface area contributed by atoms with E-state index in [1.165, 1.54) is 0 Å². The molecule has 2 N–H and O–H groups in total. The number of nitrogen functional groups attached to an aromatic ring is 1. The first-order chi connectivity index (χ1) is 10.1.